The molecule has 8 nitrogen and oxygen atoms in total. The minimum Gasteiger partial charge on any atom is -0.481 e. The van der Waals surface area contributed by atoms with Crippen LogP contribution in [-0.2, 0) is 25.4 Å². The molecule has 0 radical (unpaired) electrons. The van der Waals surface area contributed by atoms with Gasteiger partial charge in [-0.3, -0.25) is 14.6 Å². The Hall–Kier alpha value is -2.98. The number of amides is 1. The van der Waals surface area contributed by atoms with Crippen molar-refractivity contribution >= 4 is 45.1 Å². The molecule has 2 N–H and O–H groups in total. The van der Waals surface area contributed by atoms with Crippen molar-refractivity contribution in [3.63, 3.8) is 0 Å². The maximum atomic E-state index is 14.5. The van der Waals surface area contributed by atoms with Crippen LogP contribution in [0.2, 0.25) is 10.0 Å². The standard InChI is InChI=1S/C31H33Cl2N3O5S/c1-31(17-28(37)38)16-26(22-5-4-6-24(33)15-22)29(21-10-12-23(32)13-11-21)36(30(31)39)27(20-8-9-20)18-35-42(40,41)19-25-7-2-3-14-34-25/h2-7,10-15,20,26-27,29,35H,8-9,16-19H2,1H3,(H,37,38)/t26-,27-,29-,31+/m1/s1. The van der Waals surface area contributed by atoms with E-state index in [1.807, 2.05) is 30.3 Å². The van der Waals surface area contributed by atoms with Gasteiger partial charge in [-0.2, -0.15) is 0 Å². The third-order valence-corrected chi connectivity index (χ3v) is 10.0. The number of nitrogens with zero attached hydrogens (tertiary/aromatic N) is 2. The number of sulfonamides is 1. The van der Waals surface area contributed by atoms with Crippen molar-refractivity contribution in [2.24, 2.45) is 11.3 Å². The lowest BCUT2D eigenvalue weighted by Gasteiger charge is -2.52. The van der Waals surface area contributed by atoms with Crippen molar-refractivity contribution in [2.75, 3.05) is 6.54 Å². The Morgan fingerprint density at radius 3 is 2.43 bits per heavy atom. The Balaban J connectivity index is 1.58. The summed E-state index contributed by atoms with van der Waals surface area (Å²) in [7, 11) is -3.78. The molecule has 42 heavy (non-hydrogen) atoms. The highest BCUT2D eigenvalue weighted by Gasteiger charge is 2.54. The number of hydrogen-bond donors (Lipinski definition) is 2. The van der Waals surface area contributed by atoms with E-state index in [4.69, 9.17) is 23.2 Å². The van der Waals surface area contributed by atoms with Gasteiger partial charge in [0.05, 0.1) is 23.6 Å². The zero-order valence-electron chi connectivity index (χ0n) is 23.1. The molecule has 1 aliphatic carbocycles. The maximum Gasteiger partial charge on any atom is 0.304 e. The first-order valence-corrected chi connectivity index (χ1v) is 16.3. The van der Waals surface area contributed by atoms with E-state index in [1.165, 1.54) is 0 Å². The molecular formula is C31H33Cl2N3O5S. The largest absolute Gasteiger partial charge is 0.481 e. The Bertz CT molecular complexity index is 1550. The van der Waals surface area contributed by atoms with Crippen LogP contribution in [0.3, 0.4) is 0 Å². The number of hydrogen-bond acceptors (Lipinski definition) is 5. The van der Waals surface area contributed by atoms with Gasteiger partial charge in [-0.1, -0.05) is 60.5 Å². The van der Waals surface area contributed by atoms with Crippen LogP contribution in [0.25, 0.3) is 0 Å². The summed E-state index contributed by atoms with van der Waals surface area (Å²) < 4.78 is 29.0. The zero-order chi connectivity index (χ0) is 30.1. The van der Waals surface area contributed by atoms with Crippen LogP contribution in [0.15, 0.2) is 72.9 Å². The second kappa shape index (κ2) is 12.3. The Morgan fingerprint density at radius 1 is 1.07 bits per heavy atom. The number of benzene rings is 2. The van der Waals surface area contributed by atoms with E-state index >= 15 is 0 Å². The number of likely N-dealkylation sites (tertiary alicyclic amines) is 1. The fraction of sp³-hybridized carbons (Fsp3) is 0.387. The molecule has 0 bridgehead atoms. The van der Waals surface area contributed by atoms with Crippen molar-refractivity contribution in [3.05, 3.63) is 99.8 Å². The maximum absolute atomic E-state index is 14.5. The van der Waals surface area contributed by atoms with Gasteiger partial charge in [-0.05, 0) is 72.7 Å². The summed E-state index contributed by atoms with van der Waals surface area (Å²) >= 11 is 12.7. The lowest BCUT2D eigenvalue weighted by molar-refractivity contribution is -0.161. The van der Waals surface area contributed by atoms with E-state index in [1.54, 1.807) is 54.4 Å². The topological polar surface area (TPSA) is 117 Å². The predicted octanol–water partition coefficient (Wildman–Crippen LogP) is 5.82. The summed E-state index contributed by atoms with van der Waals surface area (Å²) in [5.41, 5.74) is 0.900. The summed E-state index contributed by atoms with van der Waals surface area (Å²) in [5, 5.41) is 10.9. The van der Waals surface area contributed by atoms with Crippen molar-refractivity contribution in [3.8, 4) is 0 Å². The number of aliphatic carboxylic acids is 1. The number of aromatic nitrogens is 1. The number of nitrogens with one attached hydrogen (secondary N) is 1. The van der Waals surface area contributed by atoms with E-state index in [0.29, 0.717) is 15.7 Å². The molecule has 2 heterocycles. The molecule has 4 atom stereocenters. The molecule has 1 aliphatic heterocycles. The third-order valence-electron chi connectivity index (χ3n) is 8.23. The molecule has 222 valence electrons. The monoisotopic (exact) mass is 629 g/mol. The predicted molar refractivity (Wildman–Crippen MR) is 162 cm³/mol. The second-order valence-corrected chi connectivity index (χ2v) is 14.2. The van der Waals surface area contributed by atoms with Gasteiger partial charge in [-0.25, -0.2) is 13.1 Å². The van der Waals surface area contributed by atoms with E-state index < -0.39 is 33.5 Å². The number of halogens is 2. The third kappa shape index (κ3) is 6.97. The highest BCUT2D eigenvalue weighted by molar-refractivity contribution is 7.88. The van der Waals surface area contributed by atoms with Crippen molar-refractivity contribution in [1.82, 2.24) is 14.6 Å². The van der Waals surface area contributed by atoms with Crippen LogP contribution < -0.4 is 4.72 Å². The number of carboxylic acids is 1. The first-order chi connectivity index (χ1) is 20.0. The first-order valence-electron chi connectivity index (χ1n) is 13.9. The van der Waals surface area contributed by atoms with Crippen LogP contribution in [0, 0.1) is 11.3 Å². The lowest BCUT2D eigenvalue weighted by Crippen LogP contribution is -2.59. The SMILES string of the molecule is C[C@@]1(CC(=O)O)C[C@H](c2cccc(Cl)c2)[C@@H](c2ccc(Cl)cc2)N([C@H](CNS(=O)(=O)Cc2ccccn2)C2CC2)C1=O. The molecule has 1 aromatic heterocycles. The van der Waals surface area contributed by atoms with Crippen LogP contribution in [0.5, 0.6) is 0 Å². The quantitative estimate of drug-likeness (QED) is 0.276. The molecular weight excluding hydrogens is 597 g/mol. The number of carbonyl (C=O) groups excluding carboxylic acids is 1. The minimum absolute atomic E-state index is 0.00107. The Labute approximate surface area is 256 Å². The molecule has 5 rings (SSSR count). The molecule has 1 saturated carbocycles. The van der Waals surface area contributed by atoms with Gasteiger partial charge in [0, 0.05) is 34.7 Å². The highest BCUT2D eigenvalue weighted by atomic mass is 35.5. The average Bonchev–Trinajstić information content (AvgIpc) is 3.77. The highest BCUT2D eigenvalue weighted by Crippen LogP contribution is 2.54. The normalized spacial score (nSPS) is 23.5. The van der Waals surface area contributed by atoms with Crippen LogP contribution in [0.4, 0.5) is 0 Å². The molecule has 2 fully saturated rings. The van der Waals surface area contributed by atoms with Gasteiger partial charge in [-0.15, -0.1) is 0 Å². The molecule has 1 saturated heterocycles. The Morgan fingerprint density at radius 2 is 1.81 bits per heavy atom. The summed E-state index contributed by atoms with van der Waals surface area (Å²) in [6, 6.07) is 18.8. The molecule has 2 aromatic carbocycles. The van der Waals surface area contributed by atoms with Gasteiger partial charge < -0.3 is 10.0 Å². The number of pyridine rings is 1. The van der Waals surface area contributed by atoms with Crippen LogP contribution in [0.1, 0.15) is 61.4 Å². The van der Waals surface area contributed by atoms with E-state index in [-0.39, 0.29) is 42.9 Å². The summed E-state index contributed by atoms with van der Waals surface area (Å²) in [6.45, 7) is 1.70. The molecule has 2 aliphatic rings. The molecule has 0 spiro atoms. The minimum atomic E-state index is -3.78. The van der Waals surface area contributed by atoms with E-state index in [0.717, 1.165) is 24.0 Å². The number of piperidine rings is 1. The van der Waals surface area contributed by atoms with Crippen molar-refractivity contribution in [1.29, 1.82) is 0 Å². The average molecular weight is 631 g/mol. The van der Waals surface area contributed by atoms with Gasteiger partial charge in [0.2, 0.25) is 15.9 Å². The van der Waals surface area contributed by atoms with Gasteiger partial charge >= 0.3 is 5.97 Å². The van der Waals surface area contributed by atoms with Gasteiger partial charge in [0.25, 0.3) is 0 Å². The van der Waals surface area contributed by atoms with E-state index in [2.05, 4.69) is 9.71 Å². The Kier molecular flexibility index (Phi) is 8.94. The van der Waals surface area contributed by atoms with Gasteiger partial charge in [0.1, 0.15) is 5.75 Å². The number of rotatable bonds is 11. The van der Waals surface area contributed by atoms with Crippen molar-refractivity contribution in [2.45, 2.75) is 56.4 Å². The number of carboxylic acid groups (broad SMARTS) is 1. The summed E-state index contributed by atoms with van der Waals surface area (Å²) in [4.78, 5) is 32.4. The smallest absolute Gasteiger partial charge is 0.304 e. The van der Waals surface area contributed by atoms with E-state index in [9.17, 15) is 23.1 Å². The first kappa shape index (κ1) is 30.5. The van der Waals surface area contributed by atoms with Crippen LogP contribution in [-0.4, -0.2) is 47.9 Å². The van der Waals surface area contributed by atoms with Gasteiger partial charge in [0.15, 0.2) is 0 Å². The summed E-state index contributed by atoms with van der Waals surface area (Å²) in [5.74, 6) is -1.91. The zero-order valence-corrected chi connectivity index (χ0v) is 25.4. The van der Waals surface area contributed by atoms with Crippen LogP contribution >= 0.6 is 23.2 Å². The lowest BCUT2D eigenvalue weighted by atomic mass is 9.67. The van der Waals surface area contributed by atoms with Crippen molar-refractivity contribution < 1.29 is 23.1 Å². The second-order valence-electron chi connectivity index (χ2n) is 11.5. The molecule has 11 heteroatoms. The molecule has 1 amide bonds. The number of carbonyl (C=O) groups is 2. The summed E-state index contributed by atoms with van der Waals surface area (Å²) in [6.07, 6.45) is 3.14. The molecule has 3 aromatic rings. The fourth-order valence-electron chi connectivity index (χ4n) is 6.16. The fourth-order valence-corrected chi connectivity index (χ4v) is 7.57. The molecule has 0 unspecified atom stereocenters.